The molecular weight excluding hydrogens is 166 g/mol. The molecule has 1 aliphatic heterocycles. The van der Waals surface area contributed by atoms with E-state index in [4.69, 9.17) is 9.84 Å². The Morgan fingerprint density at radius 1 is 1.23 bits per heavy atom. The largest absolute Gasteiger partial charge is 0.396 e. The highest BCUT2D eigenvalue weighted by molar-refractivity contribution is 4.69. The Hall–Kier alpha value is -0.120. The summed E-state index contributed by atoms with van der Waals surface area (Å²) in [6, 6.07) is 0.447. The molecule has 1 rings (SSSR count). The first-order valence-electron chi connectivity index (χ1n) is 5.28. The molecular formula is C10H20NO2. The number of morpholine rings is 1. The van der Waals surface area contributed by atoms with Gasteiger partial charge < -0.3 is 9.84 Å². The SMILES string of the molecule is OCCCCCCC1COCC[N]1. The van der Waals surface area contributed by atoms with E-state index in [1.807, 2.05) is 0 Å². The number of unbranched alkanes of at least 4 members (excludes halogenated alkanes) is 3. The molecule has 0 aromatic carbocycles. The number of aliphatic hydroxyl groups excluding tert-OH is 1. The van der Waals surface area contributed by atoms with Crippen LogP contribution in [-0.2, 0) is 4.74 Å². The Bertz CT molecular complexity index is 113. The van der Waals surface area contributed by atoms with Crippen molar-refractivity contribution in [2.45, 2.75) is 38.1 Å². The Balaban J connectivity index is 1.86. The van der Waals surface area contributed by atoms with Crippen LogP contribution >= 0.6 is 0 Å². The minimum atomic E-state index is 0.330. The van der Waals surface area contributed by atoms with Gasteiger partial charge in [-0.2, -0.15) is 0 Å². The highest BCUT2D eigenvalue weighted by Gasteiger charge is 2.12. The summed E-state index contributed by atoms with van der Waals surface area (Å²) in [5.41, 5.74) is 0. The van der Waals surface area contributed by atoms with Gasteiger partial charge in [-0.25, -0.2) is 5.32 Å². The first kappa shape index (κ1) is 11.0. The smallest absolute Gasteiger partial charge is 0.0636 e. The molecule has 0 bridgehead atoms. The van der Waals surface area contributed by atoms with Gasteiger partial charge in [-0.3, -0.25) is 0 Å². The predicted octanol–water partition coefficient (Wildman–Crippen LogP) is 0.932. The lowest BCUT2D eigenvalue weighted by Gasteiger charge is -2.21. The maximum absolute atomic E-state index is 8.58. The Morgan fingerprint density at radius 2 is 2.08 bits per heavy atom. The van der Waals surface area contributed by atoms with Crippen molar-refractivity contribution in [2.24, 2.45) is 0 Å². The van der Waals surface area contributed by atoms with Crippen molar-refractivity contribution in [3.63, 3.8) is 0 Å². The highest BCUT2D eigenvalue weighted by atomic mass is 16.5. The van der Waals surface area contributed by atoms with E-state index in [1.54, 1.807) is 0 Å². The van der Waals surface area contributed by atoms with Gasteiger partial charge in [0.05, 0.1) is 13.2 Å². The number of rotatable bonds is 6. The summed E-state index contributed by atoms with van der Waals surface area (Å²) in [6.07, 6.45) is 5.68. The van der Waals surface area contributed by atoms with Crippen molar-refractivity contribution in [1.29, 1.82) is 0 Å². The van der Waals surface area contributed by atoms with Crippen LogP contribution < -0.4 is 5.32 Å². The van der Waals surface area contributed by atoms with E-state index < -0.39 is 0 Å². The summed E-state index contributed by atoms with van der Waals surface area (Å²) in [5.74, 6) is 0. The molecule has 0 aliphatic carbocycles. The zero-order valence-electron chi connectivity index (χ0n) is 8.24. The van der Waals surface area contributed by atoms with E-state index in [0.717, 1.165) is 39.0 Å². The molecule has 1 saturated heterocycles. The molecule has 0 amide bonds. The lowest BCUT2D eigenvalue weighted by Crippen LogP contribution is -2.35. The molecule has 0 aromatic heterocycles. The Morgan fingerprint density at radius 3 is 2.77 bits per heavy atom. The summed E-state index contributed by atoms with van der Waals surface area (Å²) in [4.78, 5) is 0. The Labute approximate surface area is 80.5 Å². The first-order chi connectivity index (χ1) is 6.43. The van der Waals surface area contributed by atoms with Crippen LogP contribution in [0.5, 0.6) is 0 Å². The quantitative estimate of drug-likeness (QED) is 0.627. The van der Waals surface area contributed by atoms with Crippen LogP contribution in [-0.4, -0.2) is 37.5 Å². The Kier molecular flexibility index (Phi) is 6.15. The van der Waals surface area contributed by atoms with Gasteiger partial charge in [0.2, 0.25) is 0 Å². The zero-order valence-corrected chi connectivity index (χ0v) is 8.24. The third-order valence-electron chi connectivity index (χ3n) is 2.38. The number of hydrogen-bond acceptors (Lipinski definition) is 2. The molecule has 3 nitrogen and oxygen atoms in total. The fraction of sp³-hybridized carbons (Fsp3) is 1.00. The average Bonchev–Trinajstić information content (AvgIpc) is 2.19. The molecule has 1 atom stereocenters. The van der Waals surface area contributed by atoms with E-state index in [9.17, 15) is 0 Å². The normalized spacial score (nSPS) is 23.3. The summed E-state index contributed by atoms with van der Waals surface area (Å²) in [5, 5.41) is 13.0. The lowest BCUT2D eigenvalue weighted by atomic mass is 10.1. The molecule has 3 heteroatoms. The van der Waals surface area contributed by atoms with Gasteiger partial charge in [-0.1, -0.05) is 19.3 Å². The topological polar surface area (TPSA) is 43.6 Å². The van der Waals surface area contributed by atoms with Crippen molar-refractivity contribution in [3.05, 3.63) is 0 Å². The third kappa shape index (κ3) is 5.24. The van der Waals surface area contributed by atoms with Crippen LogP contribution in [0.2, 0.25) is 0 Å². The van der Waals surface area contributed by atoms with E-state index in [0.29, 0.717) is 12.6 Å². The van der Waals surface area contributed by atoms with Gasteiger partial charge in [-0.15, -0.1) is 0 Å². The van der Waals surface area contributed by atoms with Gasteiger partial charge in [0.1, 0.15) is 0 Å². The summed E-state index contributed by atoms with van der Waals surface area (Å²) >= 11 is 0. The monoisotopic (exact) mass is 186 g/mol. The zero-order chi connectivity index (χ0) is 9.36. The number of aliphatic hydroxyl groups is 1. The molecule has 1 radical (unpaired) electrons. The van der Waals surface area contributed by atoms with Crippen molar-refractivity contribution in [1.82, 2.24) is 5.32 Å². The minimum absolute atomic E-state index is 0.330. The molecule has 0 spiro atoms. The highest BCUT2D eigenvalue weighted by Crippen LogP contribution is 2.08. The molecule has 1 fully saturated rings. The van der Waals surface area contributed by atoms with E-state index in [2.05, 4.69) is 5.32 Å². The van der Waals surface area contributed by atoms with Crippen LogP contribution in [0.3, 0.4) is 0 Å². The molecule has 1 unspecified atom stereocenters. The maximum atomic E-state index is 8.58. The minimum Gasteiger partial charge on any atom is -0.396 e. The van der Waals surface area contributed by atoms with Crippen LogP contribution in [0, 0.1) is 0 Å². The summed E-state index contributed by atoms with van der Waals surface area (Å²) in [7, 11) is 0. The van der Waals surface area contributed by atoms with Gasteiger partial charge in [-0.05, 0) is 12.8 Å². The summed E-state index contributed by atoms with van der Waals surface area (Å²) < 4.78 is 5.33. The maximum Gasteiger partial charge on any atom is 0.0636 e. The van der Waals surface area contributed by atoms with Crippen LogP contribution in [0.25, 0.3) is 0 Å². The molecule has 1 heterocycles. The van der Waals surface area contributed by atoms with Crippen LogP contribution in [0.15, 0.2) is 0 Å². The van der Waals surface area contributed by atoms with Crippen molar-refractivity contribution < 1.29 is 9.84 Å². The lowest BCUT2D eigenvalue weighted by molar-refractivity contribution is 0.0709. The second kappa shape index (κ2) is 7.30. The number of nitrogens with zero attached hydrogens (tertiary/aromatic N) is 1. The second-order valence-corrected chi connectivity index (χ2v) is 3.56. The molecule has 77 valence electrons. The predicted molar refractivity (Wildman–Crippen MR) is 51.8 cm³/mol. The fourth-order valence-electron chi connectivity index (χ4n) is 1.59. The van der Waals surface area contributed by atoms with Gasteiger partial charge in [0.15, 0.2) is 0 Å². The van der Waals surface area contributed by atoms with Gasteiger partial charge in [0, 0.05) is 19.2 Å². The fourth-order valence-corrected chi connectivity index (χ4v) is 1.59. The summed E-state index contributed by atoms with van der Waals surface area (Å²) in [6.45, 7) is 2.83. The standard InChI is InChI=1S/C10H20NO2/c12-7-4-2-1-3-5-10-9-13-8-6-11-10/h10,12H,1-9H2. The average molecular weight is 186 g/mol. The molecule has 1 aliphatic rings. The van der Waals surface area contributed by atoms with Crippen molar-refractivity contribution >= 4 is 0 Å². The number of ether oxygens (including phenoxy) is 1. The molecule has 0 saturated carbocycles. The first-order valence-corrected chi connectivity index (χ1v) is 5.28. The van der Waals surface area contributed by atoms with Crippen LogP contribution in [0.4, 0.5) is 0 Å². The van der Waals surface area contributed by atoms with Gasteiger partial charge >= 0.3 is 0 Å². The van der Waals surface area contributed by atoms with Gasteiger partial charge in [0.25, 0.3) is 0 Å². The molecule has 0 aromatic rings. The van der Waals surface area contributed by atoms with E-state index in [-0.39, 0.29) is 0 Å². The third-order valence-corrected chi connectivity index (χ3v) is 2.38. The van der Waals surface area contributed by atoms with Crippen molar-refractivity contribution in [2.75, 3.05) is 26.4 Å². The molecule has 1 N–H and O–H groups in total. The van der Waals surface area contributed by atoms with E-state index in [1.165, 1.54) is 12.8 Å². The van der Waals surface area contributed by atoms with E-state index >= 15 is 0 Å². The number of hydrogen-bond donors (Lipinski definition) is 1. The van der Waals surface area contributed by atoms with Crippen molar-refractivity contribution in [3.8, 4) is 0 Å². The van der Waals surface area contributed by atoms with Crippen LogP contribution in [0.1, 0.15) is 32.1 Å². The second-order valence-electron chi connectivity index (χ2n) is 3.56. The molecule has 13 heavy (non-hydrogen) atoms.